The first-order chi connectivity index (χ1) is 13.1. The van der Waals surface area contributed by atoms with E-state index >= 15 is 0 Å². The van der Waals surface area contributed by atoms with Crippen LogP contribution in [-0.2, 0) is 6.54 Å². The Hall–Kier alpha value is -2.53. The second-order valence-electron chi connectivity index (χ2n) is 7.07. The number of nitrogens with zero attached hydrogens (tertiary/aromatic N) is 2. The molecule has 0 spiro atoms. The monoisotopic (exact) mass is 368 g/mol. The van der Waals surface area contributed by atoms with Crippen LogP contribution >= 0.6 is 0 Å². The Bertz CT molecular complexity index is 768. The highest BCUT2D eigenvalue weighted by molar-refractivity contribution is 5.94. The first-order valence-electron chi connectivity index (χ1n) is 9.47. The predicted molar refractivity (Wildman–Crippen MR) is 106 cm³/mol. The van der Waals surface area contributed by atoms with Gasteiger partial charge in [-0.2, -0.15) is 0 Å². The number of para-hydroxylation sites is 1. The zero-order valence-corrected chi connectivity index (χ0v) is 16.4. The van der Waals surface area contributed by atoms with Gasteiger partial charge in [-0.05, 0) is 38.1 Å². The van der Waals surface area contributed by atoms with Gasteiger partial charge in [-0.3, -0.25) is 9.69 Å². The lowest BCUT2D eigenvalue weighted by Gasteiger charge is -2.35. The van der Waals surface area contributed by atoms with Crippen LogP contribution < -0.4 is 9.47 Å². The number of carbonyl (C=O) groups is 1. The van der Waals surface area contributed by atoms with E-state index in [1.165, 1.54) is 5.56 Å². The molecule has 2 aromatic carbocycles. The minimum Gasteiger partial charge on any atom is -0.497 e. The molecular weight excluding hydrogens is 340 g/mol. The maximum atomic E-state index is 12.7. The fraction of sp³-hybridized carbons (Fsp3) is 0.409. The standard InChI is InChI=1S/C22H28N2O3/c1-17(2)27-21-10-5-4-7-19(21)16-23-11-13-24(14-12-23)22(25)18-8-6-9-20(15-18)26-3/h4-10,15,17H,11-14,16H2,1-3H3. The van der Waals surface area contributed by atoms with Crippen LogP contribution in [0.5, 0.6) is 11.5 Å². The molecule has 1 saturated heterocycles. The summed E-state index contributed by atoms with van der Waals surface area (Å²) < 4.78 is 11.1. The molecule has 0 radical (unpaired) electrons. The molecule has 2 aromatic rings. The van der Waals surface area contributed by atoms with Crippen molar-refractivity contribution in [1.82, 2.24) is 9.80 Å². The predicted octanol–water partition coefficient (Wildman–Crippen LogP) is 3.44. The Morgan fingerprint density at radius 2 is 1.78 bits per heavy atom. The molecule has 0 saturated carbocycles. The van der Waals surface area contributed by atoms with E-state index < -0.39 is 0 Å². The molecule has 0 aliphatic carbocycles. The van der Waals surface area contributed by atoms with Gasteiger partial charge in [0.15, 0.2) is 0 Å². The Kier molecular flexibility index (Phi) is 6.35. The molecule has 5 nitrogen and oxygen atoms in total. The zero-order valence-electron chi connectivity index (χ0n) is 16.4. The molecule has 0 aromatic heterocycles. The number of benzene rings is 2. The number of rotatable bonds is 6. The maximum Gasteiger partial charge on any atom is 0.254 e. The van der Waals surface area contributed by atoms with Crippen molar-refractivity contribution in [2.75, 3.05) is 33.3 Å². The number of methoxy groups -OCH3 is 1. The molecule has 3 rings (SSSR count). The van der Waals surface area contributed by atoms with Crippen LogP contribution in [-0.4, -0.2) is 55.1 Å². The van der Waals surface area contributed by atoms with Gasteiger partial charge in [-0.1, -0.05) is 24.3 Å². The van der Waals surface area contributed by atoms with Crippen LogP contribution in [0.1, 0.15) is 29.8 Å². The van der Waals surface area contributed by atoms with Crippen LogP contribution in [0.25, 0.3) is 0 Å². The fourth-order valence-corrected chi connectivity index (χ4v) is 3.29. The molecule has 1 heterocycles. The number of piperazine rings is 1. The molecule has 1 amide bonds. The Morgan fingerprint density at radius 1 is 1.04 bits per heavy atom. The van der Waals surface area contributed by atoms with Crippen molar-refractivity contribution in [1.29, 1.82) is 0 Å². The largest absolute Gasteiger partial charge is 0.497 e. The molecule has 0 N–H and O–H groups in total. The van der Waals surface area contributed by atoms with E-state index in [2.05, 4.69) is 11.0 Å². The van der Waals surface area contributed by atoms with Gasteiger partial charge >= 0.3 is 0 Å². The Morgan fingerprint density at radius 3 is 2.48 bits per heavy atom. The van der Waals surface area contributed by atoms with E-state index in [9.17, 15) is 4.79 Å². The van der Waals surface area contributed by atoms with Gasteiger partial charge in [0.05, 0.1) is 13.2 Å². The SMILES string of the molecule is COc1cccc(C(=O)N2CCN(Cc3ccccc3OC(C)C)CC2)c1. The number of amides is 1. The first kappa shape index (κ1) is 19.2. The smallest absolute Gasteiger partial charge is 0.254 e. The summed E-state index contributed by atoms with van der Waals surface area (Å²) >= 11 is 0. The van der Waals surface area contributed by atoms with Crippen LogP contribution in [0.15, 0.2) is 48.5 Å². The third-order valence-corrected chi connectivity index (χ3v) is 4.71. The summed E-state index contributed by atoms with van der Waals surface area (Å²) in [6.07, 6.45) is 0.156. The second kappa shape index (κ2) is 8.91. The van der Waals surface area contributed by atoms with Gasteiger partial charge < -0.3 is 14.4 Å². The van der Waals surface area contributed by atoms with Gasteiger partial charge in [0, 0.05) is 43.9 Å². The zero-order chi connectivity index (χ0) is 19.2. The lowest BCUT2D eigenvalue weighted by molar-refractivity contribution is 0.0626. The lowest BCUT2D eigenvalue weighted by Crippen LogP contribution is -2.48. The maximum absolute atomic E-state index is 12.7. The summed E-state index contributed by atoms with van der Waals surface area (Å²) in [5.41, 5.74) is 1.87. The summed E-state index contributed by atoms with van der Waals surface area (Å²) in [6, 6.07) is 15.5. The van der Waals surface area contributed by atoms with Gasteiger partial charge in [0.1, 0.15) is 11.5 Å². The number of ether oxygens (including phenoxy) is 2. The van der Waals surface area contributed by atoms with E-state index in [-0.39, 0.29) is 12.0 Å². The molecule has 5 heteroatoms. The quantitative estimate of drug-likeness (QED) is 0.783. The van der Waals surface area contributed by atoms with Crippen molar-refractivity contribution in [3.05, 3.63) is 59.7 Å². The van der Waals surface area contributed by atoms with Crippen LogP contribution in [0, 0.1) is 0 Å². The summed E-state index contributed by atoms with van der Waals surface area (Å²) in [6.45, 7) is 8.08. The molecule has 0 bridgehead atoms. The number of hydrogen-bond acceptors (Lipinski definition) is 4. The van der Waals surface area contributed by atoms with E-state index in [1.54, 1.807) is 13.2 Å². The van der Waals surface area contributed by atoms with E-state index in [0.29, 0.717) is 11.3 Å². The van der Waals surface area contributed by atoms with E-state index in [0.717, 1.165) is 38.5 Å². The van der Waals surface area contributed by atoms with Crippen molar-refractivity contribution in [2.45, 2.75) is 26.5 Å². The first-order valence-corrected chi connectivity index (χ1v) is 9.47. The molecule has 144 valence electrons. The fourth-order valence-electron chi connectivity index (χ4n) is 3.29. The highest BCUT2D eigenvalue weighted by Gasteiger charge is 2.23. The van der Waals surface area contributed by atoms with Gasteiger partial charge in [-0.25, -0.2) is 0 Å². The third-order valence-electron chi connectivity index (χ3n) is 4.71. The molecule has 1 aliphatic rings. The average Bonchev–Trinajstić information content (AvgIpc) is 2.69. The van der Waals surface area contributed by atoms with Gasteiger partial charge in [0.25, 0.3) is 5.91 Å². The van der Waals surface area contributed by atoms with E-state index in [4.69, 9.17) is 9.47 Å². The Labute approximate surface area is 161 Å². The molecule has 0 unspecified atom stereocenters. The van der Waals surface area contributed by atoms with Crippen LogP contribution in [0.4, 0.5) is 0 Å². The molecule has 0 atom stereocenters. The third kappa shape index (κ3) is 5.01. The summed E-state index contributed by atoms with van der Waals surface area (Å²) in [5, 5.41) is 0. The lowest BCUT2D eigenvalue weighted by atomic mass is 10.1. The second-order valence-corrected chi connectivity index (χ2v) is 7.07. The van der Waals surface area contributed by atoms with Crippen molar-refractivity contribution in [2.24, 2.45) is 0 Å². The summed E-state index contributed by atoms with van der Waals surface area (Å²) in [4.78, 5) is 17.0. The summed E-state index contributed by atoms with van der Waals surface area (Å²) in [5.74, 6) is 1.72. The highest BCUT2D eigenvalue weighted by atomic mass is 16.5. The molecule has 27 heavy (non-hydrogen) atoms. The van der Waals surface area contributed by atoms with E-state index in [1.807, 2.05) is 55.1 Å². The average molecular weight is 368 g/mol. The minimum atomic E-state index is 0.0668. The minimum absolute atomic E-state index is 0.0668. The van der Waals surface area contributed by atoms with Gasteiger partial charge in [-0.15, -0.1) is 0 Å². The molecule has 1 aliphatic heterocycles. The van der Waals surface area contributed by atoms with Crippen molar-refractivity contribution in [3.63, 3.8) is 0 Å². The Balaban J connectivity index is 1.58. The number of carbonyl (C=O) groups excluding carboxylic acids is 1. The van der Waals surface area contributed by atoms with Crippen molar-refractivity contribution >= 4 is 5.91 Å². The summed E-state index contributed by atoms with van der Waals surface area (Å²) in [7, 11) is 1.61. The van der Waals surface area contributed by atoms with Crippen molar-refractivity contribution in [3.8, 4) is 11.5 Å². The van der Waals surface area contributed by atoms with Crippen LogP contribution in [0.2, 0.25) is 0 Å². The molecule has 1 fully saturated rings. The number of hydrogen-bond donors (Lipinski definition) is 0. The van der Waals surface area contributed by atoms with Crippen LogP contribution in [0.3, 0.4) is 0 Å². The van der Waals surface area contributed by atoms with Gasteiger partial charge in [0.2, 0.25) is 0 Å². The van der Waals surface area contributed by atoms with Crippen molar-refractivity contribution < 1.29 is 14.3 Å². The topological polar surface area (TPSA) is 42.0 Å². The highest BCUT2D eigenvalue weighted by Crippen LogP contribution is 2.22. The normalized spacial score (nSPS) is 15.0. The molecular formula is C22H28N2O3.